The number of carbonyl (C=O) groups is 3. The maximum absolute atomic E-state index is 13.0. The van der Waals surface area contributed by atoms with Crippen LogP contribution in [0.4, 0.5) is 4.79 Å². The van der Waals surface area contributed by atoms with Crippen LogP contribution in [0.15, 0.2) is 48.5 Å². The van der Waals surface area contributed by atoms with E-state index in [0.29, 0.717) is 19.1 Å². The smallest absolute Gasteiger partial charge is 0.407 e. The van der Waals surface area contributed by atoms with Crippen LogP contribution in [0.1, 0.15) is 49.1 Å². The molecule has 8 nitrogen and oxygen atoms in total. The van der Waals surface area contributed by atoms with Gasteiger partial charge in [0.15, 0.2) is 0 Å². The summed E-state index contributed by atoms with van der Waals surface area (Å²) in [5.41, 5.74) is 4.06. The molecule has 1 saturated carbocycles. The predicted molar refractivity (Wildman–Crippen MR) is 128 cm³/mol. The van der Waals surface area contributed by atoms with Crippen LogP contribution >= 0.6 is 0 Å². The van der Waals surface area contributed by atoms with E-state index in [1.165, 1.54) is 0 Å². The summed E-state index contributed by atoms with van der Waals surface area (Å²) in [6, 6.07) is 14.8. The van der Waals surface area contributed by atoms with Crippen LogP contribution in [0.25, 0.3) is 11.1 Å². The Bertz CT molecular complexity index is 1080. The number of hydrogen-bond acceptors (Lipinski definition) is 5. The minimum absolute atomic E-state index is 0.0906. The van der Waals surface area contributed by atoms with Gasteiger partial charge in [0.2, 0.25) is 5.91 Å². The van der Waals surface area contributed by atoms with Gasteiger partial charge in [-0.2, -0.15) is 0 Å². The second-order valence-corrected chi connectivity index (χ2v) is 9.65. The van der Waals surface area contributed by atoms with Crippen molar-refractivity contribution >= 4 is 18.0 Å². The van der Waals surface area contributed by atoms with Crippen LogP contribution in [0.2, 0.25) is 0 Å². The van der Waals surface area contributed by atoms with Gasteiger partial charge < -0.3 is 25.2 Å². The van der Waals surface area contributed by atoms with E-state index < -0.39 is 30.4 Å². The Labute approximate surface area is 204 Å². The molecule has 35 heavy (non-hydrogen) atoms. The third-order valence-corrected chi connectivity index (χ3v) is 7.49. The Hall–Kier alpha value is -3.39. The molecular formula is C27H30N2O6. The van der Waals surface area contributed by atoms with Crippen molar-refractivity contribution in [3.05, 3.63) is 59.7 Å². The van der Waals surface area contributed by atoms with Gasteiger partial charge in [0.1, 0.15) is 12.6 Å². The number of carbonyl (C=O) groups excluding carboxylic acids is 2. The summed E-state index contributed by atoms with van der Waals surface area (Å²) in [5, 5.41) is 14.9. The van der Waals surface area contributed by atoms with Gasteiger partial charge in [-0.25, -0.2) is 4.79 Å². The molecule has 0 aromatic heterocycles. The SMILES string of the molecule is O=C(O)CC(NC(=O)OCC1c2ccccc2-c2ccccc21)C(=O)NC1(C2CCOCC2)CC1. The number of amides is 2. The molecule has 1 saturated heterocycles. The van der Waals surface area contributed by atoms with Crippen molar-refractivity contribution < 1.29 is 29.0 Å². The van der Waals surface area contributed by atoms with Gasteiger partial charge in [-0.15, -0.1) is 0 Å². The van der Waals surface area contributed by atoms with E-state index in [1.807, 2.05) is 48.5 Å². The van der Waals surface area contributed by atoms with Crippen LogP contribution in [0, 0.1) is 5.92 Å². The average Bonchev–Trinajstić information content (AvgIpc) is 3.58. The first-order valence-corrected chi connectivity index (χ1v) is 12.2. The Morgan fingerprint density at radius 2 is 1.60 bits per heavy atom. The first-order chi connectivity index (χ1) is 17.0. The largest absolute Gasteiger partial charge is 0.481 e. The highest BCUT2D eigenvalue weighted by Gasteiger charge is 2.51. The van der Waals surface area contributed by atoms with Gasteiger partial charge in [-0.3, -0.25) is 9.59 Å². The lowest BCUT2D eigenvalue weighted by Gasteiger charge is -2.32. The van der Waals surface area contributed by atoms with Crippen LogP contribution in [0.3, 0.4) is 0 Å². The molecule has 0 radical (unpaired) electrons. The molecule has 2 aliphatic carbocycles. The zero-order chi connectivity index (χ0) is 24.4. The lowest BCUT2D eigenvalue weighted by atomic mass is 9.89. The molecule has 5 rings (SSSR count). The van der Waals surface area contributed by atoms with E-state index >= 15 is 0 Å². The molecule has 2 amide bonds. The summed E-state index contributed by atoms with van der Waals surface area (Å²) in [7, 11) is 0. The zero-order valence-corrected chi connectivity index (χ0v) is 19.5. The first kappa shape index (κ1) is 23.4. The number of ether oxygens (including phenoxy) is 2. The molecule has 3 N–H and O–H groups in total. The van der Waals surface area contributed by atoms with Crippen LogP contribution < -0.4 is 10.6 Å². The highest BCUT2D eigenvalue weighted by molar-refractivity contribution is 5.90. The number of fused-ring (bicyclic) bond motifs is 3. The molecule has 184 valence electrons. The maximum atomic E-state index is 13.0. The van der Waals surface area contributed by atoms with Crippen molar-refractivity contribution in [3.63, 3.8) is 0 Å². The molecule has 1 aliphatic heterocycles. The third-order valence-electron chi connectivity index (χ3n) is 7.49. The fourth-order valence-electron chi connectivity index (χ4n) is 5.52. The Morgan fingerprint density at radius 3 is 2.17 bits per heavy atom. The Balaban J connectivity index is 1.23. The van der Waals surface area contributed by atoms with Gasteiger partial charge >= 0.3 is 12.1 Å². The fourth-order valence-corrected chi connectivity index (χ4v) is 5.52. The molecule has 0 spiro atoms. The van der Waals surface area contributed by atoms with Crippen molar-refractivity contribution in [1.29, 1.82) is 0 Å². The Morgan fingerprint density at radius 1 is 1.00 bits per heavy atom. The van der Waals surface area contributed by atoms with Crippen LogP contribution in [-0.4, -0.2) is 54.5 Å². The normalized spacial score (nSPS) is 19.2. The van der Waals surface area contributed by atoms with E-state index in [1.54, 1.807) is 0 Å². The van der Waals surface area contributed by atoms with Gasteiger partial charge in [-0.1, -0.05) is 48.5 Å². The quantitative estimate of drug-likeness (QED) is 0.536. The first-order valence-electron chi connectivity index (χ1n) is 12.2. The van der Waals surface area contributed by atoms with Crippen molar-refractivity contribution in [2.45, 2.75) is 49.6 Å². The maximum Gasteiger partial charge on any atom is 0.407 e. The number of hydrogen-bond donors (Lipinski definition) is 3. The van der Waals surface area contributed by atoms with Gasteiger partial charge in [0.25, 0.3) is 0 Å². The molecule has 1 unspecified atom stereocenters. The summed E-state index contributed by atoms with van der Waals surface area (Å²) in [6.45, 7) is 1.42. The summed E-state index contributed by atoms with van der Waals surface area (Å²) in [5.74, 6) is -1.46. The van der Waals surface area contributed by atoms with Crippen molar-refractivity contribution in [3.8, 4) is 11.1 Å². The number of alkyl carbamates (subject to hydrolysis) is 1. The summed E-state index contributed by atoms with van der Waals surface area (Å²) >= 11 is 0. The van der Waals surface area contributed by atoms with Gasteiger partial charge in [0.05, 0.1) is 6.42 Å². The molecule has 2 aromatic carbocycles. The topological polar surface area (TPSA) is 114 Å². The second kappa shape index (κ2) is 9.70. The molecular weight excluding hydrogens is 448 g/mol. The second-order valence-electron chi connectivity index (χ2n) is 9.65. The minimum atomic E-state index is -1.21. The van der Waals surface area contributed by atoms with Crippen LogP contribution in [-0.2, 0) is 19.1 Å². The lowest BCUT2D eigenvalue weighted by Crippen LogP contribution is -2.54. The predicted octanol–water partition coefficient (Wildman–Crippen LogP) is 3.44. The number of rotatable bonds is 8. The summed E-state index contributed by atoms with van der Waals surface area (Å²) in [6.07, 6.45) is 2.12. The zero-order valence-electron chi connectivity index (χ0n) is 19.5. The molecule has 3 aliphatic rings. The van der Waals surface area contributed by atoms with Crippen molar-refractivity contribution in [2.75, 3.05) is 19.8 Å². The molecule has 8 heteroatoms. The lowest BCUT2D eigenvalue weighted by molar-refractivity contribution is -0.140. The summed E-state index contributed by atoms with van der Waals surface area (Å²) < 4.78 is 11.0. The molecule has 2 aromatic rings. The van der Waals surface area contributed by atoms with Crippen LogP contribution in [0.5, 0.6) is 0 Å². The molecule has 1 atom stereocenters. The van der Waals surface area contributed by atoms with E-state index in [4.69, 9.17) is 9.47 Å². The number of carboxylic acids is 1. The van der Waals surface area contributed by atoms with E-state index in [2.05, 4.69) is 10.6 Å². The van der Waals surface area contributed by atoms with Gasteiger partial charge in [0, 0.05) is 24.7 Å². The number of nitrogens with one attached hydrogen (secondary N) is 2. The minimum Gasteiger partial charge on any atom is -0.481 e. The van der Waals surface area contributed by atoms with E-state index in [-0.39, 0.29) is 18.1 Å². The molecule has 0 bridgehead atoms. The molecule has 1 heterocycles. The number of aliphatic carboxylic acids is 1. The highest BCUT2D eigenvalue weighted by atomic mass is 16.5. The van der Waals surface area contributed by atoms with E-state index in [9.17, 15) is 19.5 Å². The fraction of sp³-hybridized carbons (Fsp3) is 0.444. The number of benzene rings is 2. The summed E-state index contributed by atoms with van der Waals surface area (Å²) in [4.78, 5) is 37.1. The molecule has 2 fully saturated rings. The monoisotopic (exact) mass is 478 g/mol. The van der Waals surface area contributed by atoms with E-state index in [0.717, 1.165) is 47.9 Å². The van der Waals surface area contributed by atoms with Gasteiger partial charge in [-0.05, 0) is 53.9 Å². The van der Waals surface area contributed by atoms with Crippen molar-refractivity contribution in [1.82, 2.24) is 10.6 Å². The Kier molecular flexibility index (Phi) is 6.47. The standard InChI is InChI=1S/C27H30N2O6/c30-24(31)15-23(25(32)29-27(11-12-27)17-9-13-34-14-10-17)28-26(33)35-16-22-20-7-3-1-5-18(20)19-6-2-4-8-21(19)22/h1-8,17,22-23H,9-16H2,(H,28,33)(H,29,32)(H,30,31). The highest BCUT2D eigenvalue weighted by Crippen LogP contribution is 2.46. The number of carboxylic acid groups (broad SMARTS) is 1. The third kappa shape index (κ3) is 4.89. The van der Waals surface area contributed by atoms with Crippen molar-refractivity contribution in [2.24, 2.45) is 5.92 Å². The average molecular weight is 479 g/mol.